The van der Waals surface area contributed by atoms with Gasteiger partial charge in [0.1, 0.15) is 0 Å². The minimum absolute atomic E-state index is 0.544. The van der Waals surface area contributed by atoms with E-state index >= 15 is 0 Å². The maximum absolute atomic E-state index is 5.90. The molecule has 0 radical (unpaired) electrons. The summed E-state index contributed by atoms with van der Waals surface area (Å²) in [7, 11) is 0. The van der Waals surface area contributed by atoms with Crippen molar-refractivity contribution in [1.29, 1.82) is 0 Å². The highest BCUT2D eigenvalue weighted by molar-refractivity contribution is 5.83. The lowest BCUT2D eigenvalue weighted by molar-refractivity contribution is 1.40. The smallest absolute Gasteiger partial charge is 0.0397 e. The first-order chi connectivity index (χ1) is 6.56. The molecule has 0 amide bonds. The van der Waals surface area contributed by atoms with E-state index in [1.807, 2.05) is 38.1 Å². The van der Waals surface area contributed by atoms with Crippen LogP contribution >= 0.6 is 0 Å². The molecule has 0 fully saturated rings. The number of benzene rings is 1. The Labute approximate surface area is 84.9 Å². The van der Waals surface area contributed by atoms with Gasteiger partial charge in [0.05, 0.1) is 0 Å². The SMILES string of the molecule is C=C(N)/C(=C\C)c1ccc(C)cc1N. The van der Waals surface area contributed by atoms with Crippen LogP contribution in [0.3, 0.4) is 0 Å². The lowest BCUT2D eigenvalue weighted by atomic mass is 10.00. The molecule has 1 rings (SSSR count). The zero-order valence-corrected chi connectivity index (χ0v) is 8.67. The van der Waals surface area contributed by atoms with Gasteiger partial charge in [0, 0.05) is 22.5 Å². The Morgan fingerprint density at radius 2 is 2.07 bits per heavy atom. The van der Waals surface area contributed by atoms with Crippen molar-refractivity contribution in [3.05, 3.63) is 47.7 Å². The van der Waals surface area contributed by atoms with Crippen molar-refractivity contribution in [2.24, 2.45) is 5.73 Å². The van der Waals surface area contributed by atoms with Crippen LogP contribution in [0.5, 0.6) is 0 Å². The summed E-state index contributed by atoms with van der Waals surface area (Å²) in [6.45, 7) is 7.65. The molecular weight excluding hydrogens is 172 g/mol. The van der Waals surface area contributed by atoms with Gasteiger partial charge in [-0.25, -0.2) is 0 Å². The maximum atomic E-state index is 5.90. The van der Waals surface area contributed by atoms with E-state index in [2.05, 4.69) is 6.58 Å². The summed E-state index contributed by atoms with van der Waals surface area (Å²) < 4.78 is 0. The lowest BCUT2D eigenvalue weighted by Gasteiger charge is -2.10. The van der Waals surface area contributed by atoms with Gasteiger partial charge in [-0.3, -0.25) is 0 Å². The largest absolute Gasteiger partial charge is 0.399 e. The van der Waals surface area contributed by atoms with Crippen LogP contribution in [-0.4, -0.2) is 0 Å². The summed E-state index contributed by atoms with van der Waals surface area (Å²) in [5, 5.41) is 0. The summed E-state index contributed by atoms with van der Waals surface area (Å²) in [5.41, 5.74) is 15.8. The van der Waals surface area contributed by atoms with Crippen LogP contribution in [0.2, 0.25) is 0 Å². The molecule has 0 aliphatic rings. The molecule has 4 N–H and O–H groups in total. The van der Waals surface area contributed by atoms with Gasteiger partial charge in [-0.2, -0.15) is 0 Å². The molecule has 14 heavy (non-hydrogen) atoms. The van der Waals surface area contributed by atoms with Gasteiger partial charge in [0.2, 0.25) is 0 Å². The van der Waals surface area contributed by atoms with E-state index in [9.17, 15) is 0 Å². The van der Waals surface area contributed by atoms with E-state index in [1.165, 1.54) is 0 Å². The summed E-state index contributed by atoms with van der Waals surface area (Å²) in [6, 6.07) is 5.91. The molecule has 0 unspecified atom stereocenters. The number of nitrogen functional groups attached to an aromatic ring is 1. The Balaban J connectivity index is 3.25. The van der Waals surface area contributed by atoms with Gasteiger partial charge in [-0.15, -0.1) is 0 Å². The first-order valence-corrected chi connectivity index (χ1v) is 4.53. The van der Waals surface area contributed by atoms with Crippen LogP contribution in [0.1, 0.15) is 18.1 Å². The minimum Gasteiger partial charge on any atom is -0.399 e. The number of rotatable bonds is 2. The molecule has 1 aromatic rings. The fraction of sp³-hybridized carbons (Fsp3) is 0.167. The monoisotopic (exact) mass is 188 g/mol. The van der Waals surface area contributed by atoms with Crippen molar-refractivity contribution in [2.45, 2.75) is 13.8 Å². The second-order valence-electron chi connectivity index (χ2n) is 3.32. The average molecular weight is 188 g/mol. The Bertz CT molecular complexity index is 389. The number of nitrogens with two attached hydrogens (primary N) is 2. The number of aryl methyl sites for hydroxylation is 1. The molecule has 1 aromatic carbocycles. The second-order valence-corrected chi connectivity index (χ2v) is 3.32. The van der Waals surface area contributed by atoms with Crippen molar-refractivity contribution < 1.29 is 0 Å². The quantitative estimate of drug-likeness (QED) is 0.553. The van der Waals surface area contributed by atoms with E-state index in [-0.39, 0.29) is 0 Å². The maximum Gasteiger partial charge on any atom is 0.0397 e. The fourth-order valence-corrected chi connectivity index (χ4v) is 1.44. The standard InChI is InChI=1S/C12H16N2/c1-4-10(9(3)13)11-6-5-8(2)7-12(11)14/h4-7H,3,13-14H2,1-2H3/b10-4+. The Morgan fingerprint density at radius 1 is 1.43 bits per heavy atom. The van der Waals surface area contributed by atoms with E-state index in [4.69, 9.17) is 11.5 Å². The van der Waals surface area contributed by atoms with Gasteiger partial charge in [0.15, 0.2) is 0 Å². The Kier molecular flexibility index (Phi) is 2.97. The molecule has 0 heterocycles. The number of allylic oxidation sites excluding steroid dienone is 2. The molecular formula is C12H16N2. The first-order valence-electron chi connectivity index (χ1n) is 4.53. The zero-order valence-electron chi connectivity index (χ0n) is 8.67. The third kappa shape index (κ3) is 1.96. The van der Waals surface area contributed by atoms with Gasteiger partial charge in [0.25, 0.3) is 0 Å². The van der Waals surface area contributed by atoms with Crippen molar-refractivity contribution in [3.63, 3.8) is 0 Å². The topological polar surface area (TPSA) is 52.0 Å². The Morgan fingerprint density at radius 3 is 2.50 bits per heavy atom. The molecule has 0 aliphatic heterocycles. The van der Waals surface area contributed by atoms with Crippen molar-refractivity contribution >= 4 is 11.3 Å². The highest BCUT2D eigenvalue weighted by atomic mass is 14.6. The van der Waals surface area contributed by atoms with Crippen LogP contribution in [0.15, 0.2) is 36.6 Å². The zero-order chi connectivity index (χ0) is 10.7. The number of hydrogen-bond acceptors (Lipinski definition) is 2. The predicted molar refractivity (Wildman–Crippen MR) is 62.6 cm³/mol. The van der Waals surface area contributed by atoms with Crippen LogP contribution < -0.4 is 11.5 Å². The van der Waals surface area contributed by atoms with Crippen molar-refractivity contribution in [1.82, 2.24) is 0 Å². The molecule has 0 bridgehead atoms. The van der Waals surface area contributed by atoms with Gasteiger partial charge >= 0.3 is 0 Å². The normalized spacial score (nSPS) is 11.4. The van der Waals surface area contributed by atoms with E-state index in [0.29, 0.717) is 5.70 Å². The fourth-order valence-electron chi connectivity index (χ4n) is 1.44. The molecule has 0 aromatic heterocycles. The molecule has 0 aliphatic carbocycles. The van der Waals surface area contributed by atoms with Crippen molar-refractivity contribution in [2.75, 3.05) is 5.73 Å². The second kappa shape index (κ2) is 4.01. The van der Waals surface area contributed by atoms with Crippen LogP contribution in [-0.2, 0) is 0 Å². The highest BCUT2D eigenvalue weighted by Crippen LogP contribution is 2.25. The predicted octanol–water partition coefficient (Wildman–Crippen LogP) is 2.45. The molecule has 74 valence electrons. The Hall–Kier alpha value is -1.70. The first kappa shape index (κ1) is 10.4. The van der Waals surface area contributed by atoms with Crippen LogP contribution in [0, 0.1) is 6.92 Å². The molecule has 0 saturated heterocycles. The molecule has 2 heteroatoms. The van der Waals surface area contributed by atoms with E-state index < -0.39 is 0 Å². The van der Waals surface area contributed by atoms with E-state index in [0.717, 1.165) is 22.4 Å². The average Bonchev–Trinajstić information content (AvgIpc) is 2.09. The molecule has 0 atom stereocenters. The summed E-state index contributed by atoms with van der Waals surface area (Å²) in [4.78, 5) is 0. The highest BCUT2D eigenvalue weighted by Gasteiger charge is 2.05. The number of anilines is 1. The van der Waals surface area contributed by atoms with Crippen LogP contribution in [0.25, 0.3) is 5.57 Å². The number of hydrogen-bond donors (Lipinski definition) is 2. The van der Waals surface area contributed by atoms with Crippen molar-refractivity contribution in [3.8, 4) is 0 Å². The summed E-state index contributed by atoms with van der Waals surface area (Å²) in [6.07, 6.45) is 1.92. The molecule has 2 nitrogen and oxygen atoms in total. The summed E-state index contributed by atoms with van der Waals surface area (Å²) in [5.74, 6) is 0. The molecule has 0 spiro atoms. The summed E-state index contributed by atoms with van der Waals surface area (Å²) >= 11 is 0. The lowest BCUT2D eigenvalue weighted by Crippen LogP contribution is -2.01. The van der Waals surface area contributed by atoms with Crippen LogP contribution in [0.4, 0.5) is 5.69 Å². The van der Waals surface area contributed by atoms with Gasteiger partial charge in [-0.05, 0) is 25.5 Å². The van der Waals surface area contributed by atoms with Gasteiger partial charge < -0.3 is 11.5 Å². The molecule has 0 saturated carbocycles. The third-order valence-corrected chi connectivity index (χ3v) is 2.13. The van der Waals surface area contributed by atoms with E-state index in [1.54, 1.807) is 0 Å². The third-order valence-electron chi connectivity index (χ3n) is 2.13. The minimum atomic E-state index is 0.544. The van der Waals surface area contributed by atoms with Gasteiger partial charge in [-0.1, -0.05) is 24.8 Å².